The van der Waals surface area contributed by atoms with Crippen LogP contribution in [0, 0.1) is 0 Å². The van der Waals surface area contributed by atoms with Gasteiger partial charge in [0.15, 0.2) is 0 Å². The number of likely N-dealkylation sites (tertiary alicyclic amines) is 1. The van der Waals surface area contributed by atoms with Crippen LogP contribution in [0.5, 0.6) is 0 Å². The van der Waals surface area contributed by atoms with Crippen molar-refractivity contribution in [1.82, 2.24) is 9.80 Å². The molecule has 0 aromatic heterocycles. The molecule has 1 saturated heterocycles. The Balaban J connectivity index is 1.50. The summed E-state index contributed by atoms with van der Waals surface area (Å²) in [7, 11) is 0. The number of amides is 1. The predicted molar refractivity (Wildman–Crippen MR) is 88.4 cm³/mol. The molecule has 0 saturated carbocycles. The molecular formula is C18H27N3O. The fourth-order valence-electron chi connectivity index (χ4n) is 3.58. The van der Waals surface area contributed by atoms with Gasteiger partial charge in [-0.1, -0.05) is 30.7 Å². The average molecular weight is 301 g/mol. The number of nitrogens with two attached hydrogens (primary N) is 1. The number of benzene rings is 1. The van der Waals surface area contributed by atoms with E-state index in [0.29, 0.717) is 6.42 Å². The van der Waals surface area contributed by atoms with Gasteiger partial charge in [-0.15, -0.1) is 0 Å². The van der Waals surface area contributed by atoms with E-state index >= 15 is 0 Å². The summed E-state index contributed by atoms with van der Waals surface area (Å²) in [5.41, 5.74) is 8.79. The van der Waals surface area contributed by atoms with Gasteiger partial charge in [0.25, 0.3) is 0 Å². The Hall–Kier alpha value is -1.39. The standard InChI is InChI=1S/C18H27N3O/c19-17-7-3-4-10-20(14-17)11-9-18(22)21-12-8-15-5-1-2-6-16(15)13-21/h1-2,5-6,17H,3-4,7-14,19H2/t17-/m1/s1. The molecule has 2 aliphatic heterocycles. The highest BCUT2D eigenvalue weighted by atomic mass is 16.2. The monoisotopic (exact) mass is 301 g/mol. The van der Waals surface area contributed by atoms with Crippen LogP contribution in [-0.4, -0.2) is 47.9 Å². The van der Waals surface area contributed by atoms with Gasteiger partial charge in [-0.05, 0) is 36.9 Å². The maximum atomic E-state index is 12.5. The molecule has 1 aromatic rings. The molecule has 0 bridgehead atoms. The lowest BCUT2D eigenvalue weighted by atomic mass is 10.00. The number of fused-ring (bicyclic) bond motifs is 1. The summed E-state index contributed by atoms with van der Waals surface area (Å²) in [6, 6.07) is 8.74. The molecule has 4 nitrogen and oxygen atoms in total. The van der Waals surface area contributed by atoms with E-state index in [1.54, 1.807) is 0 Å². The minimum absolute atomic E-state index is 0.277. The number of hydrogen-bond donors (Lipinski definition) is 1. The van der Waals surface area contributed by atoms with Gasteiger partial charge in [-0.25, -0.2) is 0 Å². The van der Waals surface area contributed by atoms with E-state index in [1.807, 2.05) is 4.90 Å². The molecular weight excluding hydrogens is 274 g/mol. The summed E-state index contributed by atoms with van der Waals surface area (Å²) in [6.45, 7) is 4.51. The van der Waals surface area contributed by atoms with Crippen LogP contribution < -0.4 is 5.73 Å². The summed E-state index contributed by atoms with van der Waals surface area (Å²) in [4.78, 5) is 16.9. The topological polar surface area (TPSA) is 49.6 Å². The second kappa shape index (κ2) is 7.25. The third-order valence-corrected chi connectivity index (χ3v) is 4.92. The molecule has 2 aliphatic rings. The molecule has 3 rings (SSSR count). The van der Waals surface area contributed by atoms with Crippen LogP contribution in [0.1, 0.15) is 36.8 Å². The number of rotatable bonds is 3. The van der Waals surface area contributed by atoms with E-state index < -0.39 is 0 Å². The normalized spacial score (nSPS) is 23.0. The third-order valence-electron chi connectivity index (χ3n) is 4.92. The van der Waals surface area contributed by atoms with Crippen molar-refractivity contribution in [3.05, 3.63) is 35.4 Å². The van der Waals surface area contributed by atoms with E-state index in [9.17, 15) is 4.79 Å². The highest BCUT2D eigenvalue weighted by molar-refractivity contribution is 5.76. The highest BCUT2D eigenvalue weighted by Gasteiger charge is 2.21. The second-order valence-corrected chi connectivity index (χ2v) is 6.64. The lowest BCUT2D eigenvalue weighted by Crippen LogP contribution is -2.40. The summed E-state index contributed by atoms with van der Waals surface area (Å²) in [5, 5.41) is 0. The molecule has 2 heterocycles. The Morgan fingerprint density at radius 1 is 1.18 bits per heavy atom. The number of nitrogens with zero attached hydrogens (tertiary/aromatic N) is 2. The van der Waals surface area contributed by atoms with Crippen LogP contribution >= 0.6 is 0 Å². The Bertz CT molecular complexity index is 517. The molecule has 1 atom stereocenters. The minimum Gasteiger partial charge on any atom is -0.338 e. The fraction of sp³-hybridized carbons (Fsp3) is 0.611. The Labute approximate surface area is 133 Å². The number of carbonyl (C=O) groups is 1. The van der Waals surface area contributed by atoms with E-state index in [4.69, 9.17) is 5.73 Å². The quantitative estimate of drug-likeness (QED) is 0.926. The molecule has 0 unspecified atom stereocenters. The first kappa shape index (κ1) is 15.5. The average Bonchev–Trinajstić information content (AvgIpc) is 2.76. The molecule has 1 aromatic carbocycles. The molecule has 0 aliphatic carbocycles. The van der Waals surface area contributed by atoms with Crippen molar-refractivity contribution in [3.8, 4) is 0 Å². The second-order valence-electron chi connectivity index (χ2n) is 6.64. The predicted octanol–water partition coefficient (Wildman–Crippen LogP) is 1.77. The molecule has 4 heteroatoms. The number of carbonyl (C=O) groups excluding carboxylic acids is 1. The van der Waals surface area contributed by atoms with Gasteiger partial charge >= 0.3 is 0 Å². The summed E-state index contributed by atoms with van der Waals surface area (Å²) < 4.78 is 0. The zero-order valence-electron chi connectivity index (χ0n) is 13.3. The van der Waals surface area contributed by atoms with E-state index in [1.165, 1.54) is 24.0 Å². The van der Waals surface area contributed by atoms with Crippen LogP contribution in [0.15, 0.2) is 24.3 Å². The van der Waals surface area contributed by atoms with Gasteiger partial charge < -0.3 is 15.5 Å². The molecule has 2 N–H and O–H groups in total. The largest absolute Gasteiger partial charge is 0.338 e. The van der Waals surface area contributed by atoms with Gasteiger partial charge in [0.2, 0.25) is 5.91 Å². The van der Waals surface area contributed by atoms with Crippen molar-refractivity contribution in [1.29, 1.82) is 0 Å². The van der Waals surface area contributed by atoms with Crippen molar-refractivity contribution in [2.45, 2.75) is 44.7 Å². The van der Waals surface area contributed by atoms with E-state index in [2.05, 4.69) is 29.2 Å². The minimum atomic E-state index is 0.277. The Kier molecular flexibility index (Phi) is 5.11. The third kappa shape index (κ3) is 3.87. The van der Waals surface area contributed by atoms with Crippen LogP contribution in [0.4, 0.5) is 0 Å². The van der Waals surface area contributed by atoms with Gasteiger partial charge in [-0.3, -0.25) is 4.79 Å². The van der Waals surface area contributed by atoms with Crippen LogP contribution in [0.2, 0.25) is 0 Å². The molecule has 120 valence electrons. The van der Waals surface area contributed by atoms with E-state index in [0.717, 1.165) is 45.6 Å². The fourth-order valence-corrected chi connectivity index (χ4v) is 3.58. The maximum absolute atomic E-state index is 12.5. The van der Waals surface area contributed by atoms with Gasteiger partial charge in [0.05, 0.1) is 0 Å². The lowest BCUT2D eigenvalue weighted by molar-refractivity contribution is -0.132. The van der Waals surface area contributed by atoms with Crippen LogP contribution in [0.3, 0.4) is 0 Å². The van der Waals surface area contributed by atoms with Crippen molar-refractivity contribution in [2.24, 2.45) is 5.73 Å². The lowest BCUT2D eigenvalue weighted by Gasteiger charge is -2.30. The van der Waals surface area contributed by atoms with Gasteiger partial charge in [-0.2, -0.15) is 0 Å². The first-order valence-corrected chi connectivity index (χ1v) is 8.55. The first-order valence-electron chi connectivity index (χ1n) is 8.55. The SMILES string of the molecule is N[C@@H]1CCCCN(CCC(=O)N2CCc3ccccc3C2)C1. The zero-order valence-corrected chi connectivity index (χ0v) is 13.3. The summed E-state index contributed by atoms with van der Waals surface area (Å²) in [5.74, 6) is 0.285. The van der Waals surface area contributed by atoms with Crippen molar-refractivity contribution in [2.75, 3.05) is 26.2 Å². The summed E-state index contributed by atoms with van der Waals surface area (Å²) in [6.07, 6.45) is 5.15. The smallest absolute Gasteiger partial charge is 0.224 e. The Morgan fingerprint density at radius 2 is 2.00 bits per heavy atom. The van der Waals surface area contributed by atoms with Crippen LogP contribution in [0.25, 0.3) is 0 Å². The first-order chi connectivity index (χ1) is 10.7. The van der Waals surface area contributed by atoms with Crippen molar-refractivity contribution in [3.63, 3.8) is 0 Å². The Morgan fingerprint density at radius 3 is 2.86 bits per heavy atom. The maximum Gasteiger partial charge on any atom is 0.224 e. The molecule has 0 radical (unpaired) electrons. The van der Waals surface area contributed by atoms with Crippen molar-refractivity contribution >= 4 is 5.91 Å². The molecule has 0 spiro atoms. The molecule has 1 amide bonds. The highest BCUT2D eigenvalue weighted by Crippen LogP contribution is 2.19. The van der Waals surface area contributed by atoms with E-state index in [-0.39, 0.29) is 11.9 Å². The summed E-state index contributed by atoms with van der Waals surface area (Å²) >= 11 is 0. The molecule has 22 heavy (non-hydrogen) atoms. The van der Waals surface area contributed by atoms with Gasteiger partial charge in [0, 0.05) is 38.6 Å². The van der Waals surface area contributed by atoms with Crippen LogP contribution in [-0.2, 0) is 17.8 Å². The number of hydrogen-bond acceptors (Lipinski definition) is 3. The van der Waals surface area contributed by atoms with Crippen molar-refractivity contribution < 1.29 is 4.79 Å². The molecule has 1 fully saturated rings. The van der Waals surface area contributed by atoms with Gasteiger partial charge in [0.1, 0.15) is 0 Å². The zero-order chi connectivity index (χ0) is 15.4.